The molecule has 2 aliphatic heterocycles. The Morgan fingerprint density at radius 1 is 0.927 bits per heavy atom. The van der Waals surface area contributed by atoms with Crippen LogP contribution in [0.2, 0.25) is 5.02 Å². The lowest BCUT2D eigenvalue weighted by Crippen LogP contribution is -2.43. The summed E-state index contributed by atoms with van der Waals surface area (Å²) in [6, 6.07) is 15.7. The molecule has 3 aromatic rings. The molecule has 0 spiro atoms. The summed E-state index contributed by atoms with van der Waals surface area (Å²) in [5.41, 5.74) is 1.78. The highest BCUT2D eigenvalue weighted by atomic mass is 35.5. The summed E-state index contributed by atoms with van der Waals surface area (Å²) in [6.45, 7) is 0.542. The molecule has 0 unspecified atom stereocenters. The third-order valence-corrected chi connectivity index (χ3v) is 11.3. The molecule has 10 nitrogen and oxygen atoms in total. The molecule has 41 heavy (non-hydrogen) atoms. The summed E-state index contributed by atoms with van der Waals surface area (Å²) in [5.74, 6) is -0.377. The standard InChI is InChI=1S/C28H30ClN3O7S2/c1-38-23-9-12-26(39-2)27(17-23)41(36,37)31-14-3-4-20(18-31)28(33)30-22-8-5-19-13-15-32(25(19)16-22)40(34,35)24-10-6-21(29)7-11-24/h5-12,16-17,20H,3-4,13-15,18H2,1-2H3,(H,30,33)/t20-/m0/s1. The molecular formula is C28H30ClN3O7S2. The van der Waals surface area contributed by atoms with E-state index in [9.17, 15) is 21.6 Å². The molecule has 3 aromatic carbocycles. The van der Waals surface area contributed by atoms with E-state index >= 15 is 0 Å². The van der Waals surface area contributed by atoms with Gasteiger partial charge in [-0.05, 0) is 73.4 Å². The molecule has 1 N–H and O–H groups in total. The van der Waals surface area contributed by atoms with Crippen molar-refractivity contribution < 1.29 is 31.1 Å². The predicted octanol–water partition coefficient (Wildman–Crippen LogP) is 4.15. The van der Waals surface area contributed by atoms with E-state index in [0.29, 0.717) is 41.4 Å². The van der Waals surface area contributed by atoms with Crippen molar-refractivity contribution in [3.05, 3.63) is 71.2 Å². The average molecular weight is 620 g/mol. The zero-order valence-corrected chi connectivity index (χ0v) is 24.9. The van der Waals surface area contributed by atoms with Crippen molar-refractivity contribution >= 4 is 48.9 Å². The Bertz CT molecular complexity index is 1680. The second-order valence-corrected chi connectivity index (χ2v) is 14.0. The number of halogens is 1. The maximum atomic E-state index is 13.5. The van der Waals surface area contributed by atoms with Gasteiger partial charge in [-0.2, -0.15) is 4.31 Å². The third-order valence-electron chi connectivity index (χ3n) is 7.35. The third kappa shape index (κ3) is 5.74. The van der Waals surface area contributed by atoms with Gasteiger partial charge in [-0.15, -0.1) is 0 Å². The fourth-order valence-electron chi connectivity index (χ4n) is 5.15. The van der Waals surface area contributed by atoms with E-state index in [1.165, 1.54) is 59.2 Å². The van der Waals surface area contributed by atoms with Gasteiger partial charge in [-0.1, -0.05) is 17.7 Å². The van der Waals surface area contributed by atoms with Crippen LogP contribution in [0.25, 0.3) is 0 Å². The number of ether oxygens (including phenoxy) is 2. The van der Waals surface area contributed by atoms with Gasteiger partial charge in [0.05, 0.1) is 30.7 Å². The van der Waals surface area contributed by atoms with Crippen LogP contribution in [0.1, 0.15) is 18.4 Å². The van der Waals surface area contributed by atoms with E-state index in [-0.39, 0.29) is 41.1 Å². The fourth-order valence-corrected chi connectivity index (χ4v) is 8.47. The van der Waals surface area contributed by atoms with Crippen molar-refractivity contribution in [2.45, 2.75) is 29.1 Å². The number of hydrogen-bond donors (Lipinski definition) is 1. The first-order chi connectivity index (χ1) is 19.5. The summed E-state index contributed by atoms with van der Waals surface area (Å²) < 4.78 is 66.9. The van der Waals surface area contributed by atoms with Crippen molar-refractivity contribution in [2.24, 2.45) is 5.92 Å². The molecule has 2 aliphatic rings. The summed E-state index contributed by atoms with van der Waals surface area (Å²) in [6.07, 6.45) is 1.55. The van der Waals surface area contributed by atoms with Crippen LogP contribution < -0.4 is 19.1 Å². The van der Waals surface area contributed by atoms with Crippen molar-refractivity contribution in [3.63, 3.8) is 0 Å². The van der Waals surface area contributed by atoms with Gasteiger partial charge in [0.25, 0.3) is 10.0 Å². The second kappa shape index (κ2) is 11.5. The number of nitrogens with one attached hydrogen (secondary N) is 1. The molecule has 0 bridgehead atoms. The summed E-state index contributed by atoms with van der Waals surface area (Å²) in [5, 5.41) is 3.31. The van der Waals surface area contributed by atoms with E-state index in [4.69, 9.17) is 21.1 Å². The lowest BCUT2D eigenvalue weighted by molar-refractivity contribution is -0.120. The van der Waals surface area contributed by atoms with Gasteiger partial charge in [-0.3, -0.25) is 9.10 Å². The Balaban J connectivity index is 1.33. The molecule has 0 aromatic heterocycles. The number of fused-ring (bicyclic) bond motifs is 1. The molecule has 0 radical (unpaired) electrons. The minimum absolute atomic E-state index is 0.00343. The van der Waals surface area contributed by atoms with Gasteiger partial charge >= 0.3 is 0 Å². The lowest BCUT2D eigenvalue weighted by Gasteiger charge is -2.31. The van der Waals surface area contributed by atoms with E-state index < -0.39 is 26.0 Å². The first-order valence-corrected chi connectivity index (χ1v) is 16.2. The SMILES string of the molecule is COc1ccc(OC)c(S(=O)(=O)N2CCC[C@H](C(=O)Nc3ccc4c(c3)N(S(=O)(=O)c3ccc(Cl)cc3)CC4)C2)c1. The van der Waals surface area contributed by atoms with Crippen molar-refractivity contribution in [1.29, 1.82) is 0 Å². The first kappa shape index (κ1) is 29.2. The maximum absolute atomic E-state index is 13.5. The van der Waals surface area contributed by atoms with E-state index in [0.717, 1.165) is 5.56 Å². The molecular weight excluding hydrogens is 590 g/mol. The molecule has 1 amide bonds. The number of methoxy groups -OCH3 is 2. The number of anilines is 2. The minimum atomic E-state index is -3.97. The van der Waals surface area contributed by atoms with Crippen molar-refractivity contribution in [3.8, 4) is 11.5 Å². The van der Waals surface area contributed by atoms with Crippen LogP contribution >= 0.6 is 11.6 Å². The largest absolute Gasteiger partial charge is 0.497 e. The Morgan fingerprint density at radius 3 is 2.39 bits per heavy atom. The number of piperidine rings is 1. The Kier molecular flexibility index (Phi) is 8.20. The van der Waals surface area contributed by atoms with Crippen LogP contribution in [0.15, 0.2) is 70.5 Å². The second-order valence-electron chi connectivity index (χ2n) is 9.83. The van der Waals surface area contributed by atoms with Gasteiger partial charge in [0.2, 0.25) is 15.9 Å². The summed E-state index contributed by atoms with van der Waals surface area (Å²) in [7, 11) is -4.95. The van der Waals surface area contributed by atoms with Gasteiger partial charge in [0.1, 0.15) is 16.4 Å². The zero-order valence-electron chi connectivity index (χ0n) is 22.5. The van der Waals surface area contributed by atoms with Crippen LogP contribution in [0.3, 0.4) is 0 Å². The number of rotatable bonds is 8. The normalized spacial score (nSPS) is 17.6. The number of benzene rings is 3. The molecule has 2 heterocycles. The summed E-state index contributed by atoms with van der Waals surface area (Å²) in [4.78, 5) is 13.4. The van der Waals surface area contributed by atoms with Gasteiger partial charge < -0.3 is 14.8 Å². The van der Waals surface area contributed by atoms with E-state index in [1.807, 2.05) is 0 Å². The predicted molar refractivity (Wildman–Crippen MR) is 156 cm³/mol. The highest BCUT2D eigenvalue weighted by molar-refractivity contribution is 7.92. The maximum Gasteiger partial charge on any atom is 0.264 e. The topological polar surface area (TPSA) is 122 Å². The van der Waals surface area contributed by atoms with Crippen LogP contribution in [0, 0.1) is 5.92 Å². The van der Waals surface area contributed by atoms with Crippen molar-refractivity contribution in [1.82, 2.24) is 4.31 Å². The van der Waals surface area contributed by atoms with Crippen LogP contribution in [-0.4, -0.2) is 60.9 Å². The molecule has 1 saturated heterocycles. The number of nitrogens with zero attached hydrogens (tertiary/aromatic N) is 2. The van der Waals surface area contributed by atoms with Crippen molar-refractivity contribution in [2.75, 3.05) is 43.5 Å². The van der Waals surface area contributed by atoms with Gasteiger partial charge in [0, 0.05) is 36.4 Å². The Hall–Kier alpha value is -3.32. The average Bonchev–Trinajstić information content (AvgIpc) is 3.41. The number of carbonyl (C=O) groups is 1. The fraction of sp³-hybridized carbons (Fsp3) is 0.321. The van der Waals surface area contributed by atoms with Crippen LogP contribution in [-0.2, 0) is 31.3 Å². The highest BCUT2D eigenvalue weighted by Gasteiger charge is 2.36. The highest BCUT2D eigenvalue weighted by Crippen LogP contribution is 2.36. The summed E-state index contributed by atoms with van der Waals surface area (Å²) >= 11 is 5.93. The molecule has 0 saturated carbocycles. The monoisotopic (exact) mass is 619 g/mol. The molecule has 13 heteroatoms. The van der Waals surface area contributed by atoms with E-state index in [1.54, 1.807) is 24.3 Å². The van der Waals surface area contributed by atoms with Crippen LogP contribution in [0.5, 0.6) is 11.5 Å². The van der Waals surface area contributed by atoms with Gasteiger partial charge in [0.15, 0.2) is 0 Å². The molecule has 1 fully saturated rings. The molecule has 5 rings (SSSR count). The van der Waals surface area contributed by atoms with Gasteiger partial charge in [-0.25, -0.2) is 16.8 Å². The number of sulfonamides is 2. The lowest BCUT2D eigenvalue weighted by atomic mass is 9.98. The molecule has 218 valence electrons. The zero-order chi connectivity index (χ0) is 29.4. The Morgan fingerprint density at radius 2 is 1.68 bits per heavy atom. The first-order valence-electron chi connectivity index (χ1n) is 13.0. The number of hydrogen-bond acceptors (Lipinski definition) is 7. The molecule has 1 atom stereocenters. The van der Waals surface area contributed by atoms with Crippen LogP contribution in [0.4, 0.5) is 11.4 Å². The minimum Gasteiger partial charge on any atom is -0.497 e. The van der Waals surface area contributed by atoms with E-state index in [2.05, 4.69) is 5.32 Å². The quantitative estimate of drug-likeness (QED) is 0.402. The number of carbonyl (C=O) groups excluding carboxylic acids is 1. The molecule has 0 aliphatic carbocycles. The number of amides is 1. The smallest absolute Gasteiger partial charge is 0.264 e. The Labute approximate surface area is 244 Å².